The molecular weight excluding hydrogens is 282 g/mol. The first-order valence-electron chi connectivity index (χ1n) is 5.60. The molecular formula is C12H12ClN5S. The van der Waals surface area contributed by atoms with Gasteiger partial charge in [0.25, 0.3) is 0 Å². The highest BCUT2D eigenvalue weighted by Gasteiger charge is 2.09. The number of nitrogen functional groups attached to an aromatic ring is 1. The summed E-state index contributed by atoms with van der Waals surface area (Å²) in [6.45, 7) is 0. The second-order valence-corrected chi connectivity index (χ2v) is 6.23. The molecule has 5 nitrogen and oxygen atoms in total. The van der Waals surface area contributed by atoms with E-state index in [1.807, 2.05) is 30.4 Å². The highest BCUT2D eigenvalue weighted by molar-refractivity contribution is 8.22. The largest absolute Gasteiger partial charge is 0.368 e. The quantitative estimate of drug-likeness (QED) is 0.655. The van der Waals surface area contributed by atoms with E-state index in [1.54, 1.807) is 0 Å². The Hall–Kier alpha value is -1.92. The normalized spacial score (nSPS) is 15.1. The van der Waals surface area contributed by atoms with Crippen LogP contribution in [-0.2, 0) is 0 Å². The predicted molar refractivity (Wildman–Crippen MR) is 81.1 cm³/mol. The molecule has 19 heavy (non-hydrogen) atoms. The molecule has 3 rings (SSSR count). The third-order valence-corrected chi connectivity index (χ3v) is 4.97. The minimum absolute atomic E-state index is 0.273. The zero-order chi connectivity index (χ0) is 13.2. The molecule has 2 aromatic rings. The van der Waals surface area contributed by atoms with Crippen molar-refractivity contribution in [2.24, 2.45) is 0 Å². The van der Waals surface area contributed by atoms with E-state index in [0.717, 1.165) is 15.6 Å². The summed E-state index contributed by atoms with van der Waals surface area (Å²) in [6, 6.07) is 5.84. The van der Waals surface area contributed by atoms with E-state index < -0.39 is 10.9 Å². The van der Waals surface area contributed by atoms with Gasteiger partial charge in [-0.25, -0.2) is 5.10 Å². The van der Waals surface area contributed by atoms with Gasteiger partial charge in [0.05, 0.1) is 5.02 Å². The van der Waals surface area contributed by atoms with Crippen molar-refractivity contribution < 1.29 is 0 Å². The first kappa shape index (κ1) is 12.1. The number of hydrogen-bond donors (Lipinski definition) is 4. The number of rotatable bonds is 3. The van der Waals surface area contributed by atoms with E-state index >= 15 is 0 Å². The number of hydrogen-bond acceptors (Lipinski definition) is 4. The van der Waals surface area contributed by atoms with Gasteiger partial charge in [0.2, 0.25) is 11.9 Å². The van der Waals surface area contributed by atoms with Crippen LogP contribution >= 0.6 is 22.5 Å². The third-order valence-electron chi connectivity index (χ3n) is 2.59. The smallest absolute Gasteiger partial charge is 0.248 e. The summed E-state index contributed by atoms with van der Waals surface area (Å²) in [6.07, 6.45) is 4.09. The van der Waals surface area contributed by atoms with E-state index in [9.17, 15) is 0 Å². The highest BCUT2D eigenvalue weighted by Crippen LogP contribution is 2.46. The molecule has 1 aromatic heterocycles. The van der Waals surface area contributed by atoms with Crippen molar-refractivity contribution >= 4 is 40.1 Å². The number of aromatic nitrogens is 3. The number of nitrogens with one attached hydrogen (secondary N) is 2. The molecule has 1 aromatic carbocycles. The number of nitrogens with two attached hydrogens (primary N) is 1. The van der Waals surface area contributed by atoms with Crippen LogP contribution in [0.25, 0.3) is 0 Å². The SMILES string of the molecule is Nc1nc(Nc2ccc([SH]3C=CC=C3)c(Cl)c2)n[nH]1. The van der Waals surface area contributed by atoms with Crippen LogP contribution in [0, 0.1) is 0 Å². The van der Waals surface area contributed by atoms with Gasteiger partial charge in [-0.05, 0) is 29.0 Å². The van der Waals surface area contributed by atoms with Gasteiger partial charge >= 0.3 is 0 Å². The number of H-pyrrole nitrogens is 1. The Morgan fingerprint density at radius 1 is 1.26 bits per heavy atom. The maximum absolute atomic E-state index is 6.32. The van der Waals surface area contributed by atoms with Crippen LogP contribution in [0.2, 0.25) is 5.02 Å². The van der Waals surface area contributed by atoms with Gasteiger partial charge in [-0.15, -0.1) is 5.10 Å². The summed E-state index contributed by atoms with van der Waals surface area (Å²) in [5, 5.41) is 14.6. The Kier molecular flexibility index (Phi) is 3.18. The van der Waals surface area contributed by atoms with Gasteiger partial charge in [0, 0.05) is 10.6 Å². The van der Waals surface area contributed by atoms with Crippen LogP contribution in [0.1, 0.15) is 0 Å². The summed E-state index contributed by atoms with van der Waals surface area (Å²) in [7, 11) is -0.407. The van der Waals surface area contributed by atoms with Crippen LogP contribution in [0.5, 0.6) is 0 Å². The Morgan fingerprint density at radius 2 is 2.05 bits per heavy atom. The maximum Gasteiger partial charge on any atom is 0.248 e. The number of aromatic amines is 1. The van der Waals surface area contributed by atoms with E-state index in [1.165, 1.54) is 0 Å². The molecule has 0 atom stereocenters. The molecule has 0 saturated heterocycles. The number of anilines is 3. The lowest BCUT2D eigenvalue weighted by molar-refractivity contribution is 1.10. The van der Waals surface area contributed by atoms with Crippen molar-refractivity contribution in [2.75, 3.05) is 11.1 Å². The van der Waals surface area contributed by atoms with Gasteiger partial charge in [0.1, 0.15) is 0 Å². The average Bonchev–Trinajstić information content (AvgIpc) is 3.01. The van der Waals surface area contributed by atoms with Crippen molar-refractivity contribution in [1.82, 2.24) is 15.2 Å². The fourth-order valence-corrected chi connectivity index (χ4v) is 3.77. The molecule has 0 aliphatic carbocycles. The van der Waals surface area contributed by atoms with Gasteiger partial charge in [-0.1, -0.05) is 23.8 Å². The molecule has 1 aliphatic heterocycles. The van der Waals surface area contributed by atoms with Crippen LogP contribution in [0.3, 0.4) is 0 Å². The van der Waals surface area contributed by atoms with E-state index in [-0.39, 0.29) is 5.95 Å². The molecule has 98 valence electrons. The predicted octanol–water partition coefficient (Wildman–Crippen LogP) is 3.19. The fourth-order valence-electron chi connectivity index (χ4n) is 1.75. The second kappa shape index (κ2) is 4.99. The fraction of sp³-hybridized carbons (Fsp3) is 0. The van der Waals surface area contributed by atoms with E-state index in [0.29, 0.717) is 5.95 Å². The Bertz CT molecular complexity index is 652. The number of allylic oxidation sites excluding steroid dienone is 2. The Balaban J connectivity index is 1.83. The number of halogens is 1. The minimum Gasteiger partial charge on any atom is -0.368 e. The maximum atomic E-state index is 6.32. The minimum atomic E-state index is -0.407. The van der Waals surface area contributed by atoms with E-state index in [2.05, 4.69) is 31.3 Å². The summed E-state index contributed by atoms with van der Waals surface area (Å²) in [5.74, 6) is 0.697. The molecule has 7 heteroatoms. The van der Waals surface area contributed by atoms with Crippen molar-refractivity contribution in [1.29, 1.82) is 0 Å². The van der Waals surface area contributed by atoms with Crippen molar-refractivity contribution in [3.63, 3.8) is 0 Å². The van der Waals surface area contributed by atoms with Crippen molar-refractivity contribution in [3.05, 3.63) is 46.2 Å². The monoisotopic (exact) mass is 293 g/mol. The Morgan fingerprint density at radius 3 is 2.68 bits per heavy atom. The molecule has 0 amide bonds. The topological polar surface area (TPSA) is 79.6 Å². The van der Waals surface area contributed by atoms with Crippen LogP contribution in [-0.4, -0.2) is 15.2 Å². The molecule has 0 fully saturated rings. The lowest BCUT2D eigenvalue weighted by atomic mass is 10.3. The summed E-state index contributed by atoms with van der Waals surface area (Å²) >= 11 is 6.32. The van der Waals surface area contributed by atoms with Gasteiger partial charge in [0.15, 0.2) is 0 Å². The third kappa shape index (κ3) is 2.59. The second-order valence-electron chi connectivity index (χ2n) is 3.93. The molecule has 0 spiro atoms. The number of thiol groups is 1. The zero-order valence-electron chi connectivity index (χ0n) is 9.84. The summed E-state index contributed by atoms with van der Waals surface area (Å²) in [5.41, 5.74) is 6.29. The van der Waals surface area contributed by atoms with Crippen molar-refractivity contribution in [2.45, 2.75) is 4.90 Å². The molecule has 2 heterocycles. The average molecular weight is 294 g/mol. The first-order chi connectivity index (χ1) is 9.22. The highest BCUT2D eigenvalue weighted by atomic mass is 35.5. The van der Waals surface area contributed by atoms with E-state index in [4.69, 9.17) is 17.3 Å². The molecule has 4 N–H and O–H groups in total. The van der Waals surface area contributed by atoms with Crippen LogP contribution in [0.15, 0.2) is 46.1 Å². The molecule has 1 aliphatic rings. The molecule has 0 unspecified atom stereocenters. The molecule has 0 saturated carbocycles. The van der Waals surface area contributed by atoms with Crippen LogP contribution in [0.4, 0.5) is 17.6 Å². The lowest BCUT2D eigenvalue weighted by Gasteiger charge is -2.13. The lowest BCUT2D eigenvalue weighted by Crippen LogP contribution is -1.93. The zero-order valence-corrected chi connectivity index (χ0v) is 11.5. The van der Waals surface area contributed by atoms with Gasteiger partial charge < -0.3 is 11.1 Å². The molecule has 0 bridgehead atoms. The number of nitrogens with zero attached hydrogens (tertiary/aromatic N) is 2. The summed E-state index contributed by atoms with van der Waals surface area (Å²) in [4.78, 5) is 5.11. The van der Waals surface area contributed by atoms with Gasteiger partial charge in [-0.3, -0.25) is 0 Å². The first-order valence-corrected chi connectivity index (χ1v) is 7.46. The van der Waals surface area contributed by atoms with Gasteiger partial charge in [-0.2, -0.15) is 15.9 Å². The Labute approximate surface area is 117 Å². The number of benzene rings is 1. The van der Waals surface area contributed by atoms with Crippen LogP contribution < -0.4 is 11.1 Å². The standard InChI is InChI=1S/C12H12ClN5S/c13-9-7-8(15-12-16-11(14)17-18-12)3-4-10(9)19-5-1-2-6-19/h1-7,19H,(H4,14,15,16,17,18). The van der Waals surface area contributed by atoms with Crippen molar-refractivity contribution in [3.8, 4) is 0 Å². The molecule has 0 radical (unpaired) electrons. The summed E-state index contributed by atoms with van der Waals surface area (Å²) < 4.78 is 0.